The summed E-state index contributed by atoms with van der Waals surface area (Å²) in [5.74, 6) is 0.140. The van der Waals surface area contributed by atoms with Crippen LogP contribution in [0.15, 0.2) is 43.6 Å². The van der Waals surface area contributed by atoms with E-state index in [1.54, 1.807) is 12.3 Å². The lowest BCUT2D eigenvalue weighted by Crippen LogP contribution is -2.64. The smallest absolute Gasteiger partial charge is 0.422 e. The Morgan fingerprint density at radius 1 is 1.07 bits per heavy atom. The molecule has 0 atom stereocenters. The number of H-pyrrole nitrogens is 1. The predicted octanol–water partition coefficient (Wildman–Crippen LogP) is 6.25. The third-order valence-corrected chi connectivity index (χ3v) is 13.1. The molecule has 55 heavy (non-hydrogen) atoms. The summed E-state index contributed by atoms with van der Waals surface area (Å²) in [7, 11) is -3.14. The Labute approximate surface area is 318 Å². The lowest BCUT2D eigenvalue weighted by Gasteiger charge is -2.57. The minimum atomic E-state index is -4.65. The number of benzene rings is 2. The number of carbonyl (C=O) groups excluding carboxylic acids is 1. The van der Waals surface area contributed by atoms with Crippen LogP contribution in [0.4, 0.5) is 13.2 Å². The first-order valence-corrected chi connectivity index (χ1v) is 20.7. The van der Waals surface area contributed by atoms with Gasteiger partial charge in [-0.25, -0.2) is 18.4 Å². The van der Waals surface area contributed by atoms with E-state index >= 15 is 0 Å². The van der Waals surface area contributed by atoms with E-state index in [-0.39, 0.29) is 34.1 Å². The number of rotatable bonds is 11. The van der Waals surface area contributed by atoms with Crippen LogP contribution in [-0.2, 0) is 20.2 Å². The number of hydrogen-bond acceptors (Lipinski definition) is 10. The van der Waals surface area contributed by atoms with E-state index in [0.29, 0.717) is 115 Å². The topological polar surface area (TPSA) is 170 Å². The maximum absolute atomic E-state index is 14.1. The summed E-state index contributed by atoms with van der Waals surface area (Å²) in [6.45, 7) is 9.65. The van der Waals surface area contributed by atoms with Gasteiger partial charge in [0, 0.05) is 35.1 Å². The summed E-state index contributed by atoms with van der Waals surface area (Å²) in [5.41, 5.74) is 15.6. The number of aromatic amines is 1. The normalized spacial score (nSPS) is 25.3. The number of nitrogens with zero attached hydrogens (tertiary/aromatic N) is 4. The standard InChI is InChI=1S/C40H48F3N7O4S/c1-5-25-19-27-33(34(54-23-40(41,42)43)32(25)31-24(3)7-8-29-28(31)20-46-49-29)47-36(26-9-15-50(16-10-26)17-18-55(4,52)53)48-35(27)38(44)13-11-37(12-14-38)21-39(45,22-37)30(51)6-2/h5-8,19-20,26H,1-2,9-18,21-23,44-45H2,3-4H3,(H,46,49). The highest BCUT2D eigenvalue weighted by Gasteiger charge is 2.58. The van der Waals surface area contributed by atoms with Crippen molar-refractivity contribution in [1.29, 1.82) is 0 Å². The van der Waals surface area contributed by atoms with Gasteiger partial charge < -0.3 is 21.1 Å². The van der Waals surface area contributed by atoms with E-state index in [1.807, 2.05) is 25.1 Å². The molecular weight excluding hydrogens is 732 g/mol. The van der Waals surface area contributed by atoms with Crippen molar-refractivity contribution in [1.82, 2.24) is 25.1 Å². The summed E-state index contributed by atoms with van der Waals surface area (Å²) in [6, 6.07) is 5.60. The largest absolute Gasteiger partial charge is 0.481 e. The molecule has 3 fully saturated rings. The monoisotopic (exact) mass is 779 g/mol. The van der Waals surface area contributed by atoms with Crippen LogP contribution in [0.5, 0.6) is 5.75 Å². The molecule has 7 rings (SSSR count). The number of hydrogen-bond donors (Lipinski definition) is 3. The molecule has 2 aromatic heterocycles. The number of piperidine rings is 1. The minimum Gasteiger partial charge on any atom is -0.481 e. The number of nitrogens with one attached hydrogen (secondary N) is 1. The van der Waals surface area contributed by atoms with Gasteiger partial charge in [-0.3, -0.25) is 9.89 Å². The predicted molar refractivity (Wildman–Crippen MR) is 207 cm³/mol. The number of nitrogens with two attached hydrogens (primary N) is 2. The van der Waals surface area contributed by atoms with Crippen molar-refractivity contribution in [2.24, 2.45) is 16.9 Å². The first kappa shape index (κ1) is 39.1. The molecule has 0 bridgehead atoms. The second kappa shape index (κ2) is 14.1. The summed E-state index contributed by atoms with van der Waals surface area (Å²) < 4.78 is 71.8. The molecule has 1 aliphatic heterocycles. The van der Waals surface area contributed by atoms with Gasteiger partial charge in [-0.15, -0.1) is 0 Å². The maximum atomic E-state index is 14.1. The quantitative estimate of drug-likeness (QED) is 0.148. The number of ether oxygens (including phenoxy) is 1. The number of aryl methyl sites for hydroxylation is 1. The summed E-state index contributed by atoms with van der Waals surface area (Å²) in [6.07, 6.45) is 5.81. The molecule has 3 aliphatic rings. The van der Waals surface area contributed by atoms with Crippen LogP contribution in [0.2, 0.25) is 0 Å². The average Bonchev–Trinajstić information content (AvgIpc) is 3.61. The fourth-order valence-electron chi connectivity index (χ4n) is 9.20. The Bertz CT molecular complexity index is 2280. The minimum absolute atomic E-state index is 0.0391. The number of aromatic nitrogens is 4. The summed E-state index contributed by atoms with van der Waals surface area (Å²) in [4.78, 5) is 24.9. The molecule has 294 valence electrons. The highest BCUT2D eigenvalue weighted by molar-refractivity contribution is 7.90. The van der Waals surface area contributed by atoms with Gasteiger partial charge in [-0.1, -0.05) is 25.3 Å². The van der Waals surface area contributed by atoms with Crippen LogP contribution in [0.3, 0.4) is 0 Å². The first-order chi connectivity index (χ1) is 25.9. The maximum Gasteiger partial charge on any atom is 0.422 e. The lowest BCUT2D eigenvalue weighted by atomic mass is 9.49. The number of ketones is 1. The zero-order valence-corrected chi connectivity index (χ0v) is 32.1. The van der Waals surface area contributed by atoms with Gasteiger partial charge in [0.05, 0.1) is 34.2 Å². The lowest BCUT2D eigenvalue weighted by molar-refractivity contribution is -0.153. The highest BCUT2D eigenvalue weighted by Crippen LogP contribution is 2.59. The van der Waals surface area contributed by atoms with Crippen LogP contribution in [0.25, 0.3) is 39.0 Å². The van der Waals surface area contributed by atoms with Crippen molar-refractivity contribution in [3.63, 3.8) is 0 Å². The van der Waals surface area contributed by atoms with Crippen LogP contribution in [0, 0.1) is 12.3 Å². The number of carbonyl (C=O) groups is 1. The second-order valence-electron chi connectivity index (χ2n) is 16.2. The molecule has 1 spiro atoms. The number of likely N-dealkylation sites (tertiary alicyclic amines) is 1. The Hall–Kier alpha value is -4.18. The van der Waals surface area contributed by atoms with E-state index in [2.05, 4.69) is 28.3 Å². The molecule has 3 heterocycles. The third kappa shape index (κ3) is 7.55. The van der Waals surface area contributed by atoms with Gasteiger partial charge in [0.15, 0.2) is 18.1 Å². The number of halogens is 3. The van der Waals surface area contributed by atoms with Crippen molar-refractivity contribution in [2.75, 3.05) is 38.2 Å². The Morgan fingerprint density at radius 3 is 2.38 bits per heavy atom. The Kier molecular flexibility index (Phi) is 10.0. The molecule has 1 saturated heterocycles. The summed E-state index contributed by atoms with van der Waals surface area (Å²) in [5, 5.41) is 8.37. The molecule has 0 unspecified atom stereocenters. The van der Waals surface area contributed by atoms with Crippen molar-refractivity contribution < 1.29 is 31.1 Å². The van der Waals surface area contributed by atoms with Gasteiger partial charge in [-0.2, -0.15) is 18.3 Å². The van der Waals surface area contributed by atoms with Crippen molar-refractivity contribution in [3.8, 4) is 16.9 Å². The Morgan fingerprint density at radius 2 is 1.76 bits per heavy atom. The zero-order valence-electron chi connectivity index (χ0n) is 31.3. The summed E-state index contributed by atoms with van der Waals surface area (Å²) >= 11 is 0. The molecule has 0 amide bonds. The third-order valence-electron chi connectivity index (χ3n) is 12.1. The molecule has 4 aromatic rings. The molecule has 0 radical (unpaired) electrons. The van der Waals surface area contributed by atoms with Gasteiger partial charge in [-0.05, 0) is 112 Å². The molecule has 2 saturated carbocycles. The number of sulfone groups is 1. The Balaban J connectivity index is 1.38. The second-order valence-corrected chi connectivity index (χ2v) is 18.4. The van der Waals surface area contributed by atoms with Crippen molar-refractivity contribution in [2.45, 2.75) is 81.5 Å². The van der Waals surface area contributed by atoms with Gasteiger partial charge in [0.1, 0.15) is 21.2 Å². The van der Waals surface area contributed by atoms with Gasteiger partial charge in [0.25, 0.3) is 0 Å². The molecule has 11 nitrogen and oxygen atoms in total. The van der Waals surface area contributed by atoms with E-state index < -0.39 is 33.7 Å². The zero-order chi connectivity index (χ0) is 39.6. The van der Waals surface area contributed by atoms with E-state index in [9.17, 15) is 26.4 Å². The van der Waals surface area contributed by atoms with Crippen LogP contribution >= 0.6 is 0 Å². The van der Waals surface area contributed by atoms with Crippen LogP contribution < -0.4 is 16.2 Å². The van der Waals surface area contributed by atoms with Crippen molar-refractivity contribution in [3.05, 3.63) is 66.3 Å². The van der Waals surface area contributed by atoms with Gasteiger partial charge >= 0.3 is 6.18 Å². The van der Waals surface area contributed by atoms with E-state index in [0.717, 1.165) is 5.56 Å². The fraction of sp³-hybridized carbons (Fsp3) is 0.500. The number of fused-ring (bicyclic) bond motifs is 2. The molecule has 15 heteroatoms. The highest BCUT2D eigenvalue weighted by atomic mass is 32.2. The number of alkyl halides is 3. The SMILES string of the molecule is C=CC(=O)C1(N)CC2(CCC(N)(c3nc(C4CCN(CCS(C)(=O)=O)CC4)nc4c(OCC(F)(F)F)c(-c5c(C)ccc6[nH]ncc56)c(C=C)cc34)CC2)C1. The molecule has 5 N–H and O–H groups in total. The van der Waals surface area contributed by atoms with Crippen molar-refractivity contribution >= 4 is 43.5 Å². The van der Waals surface area contributed by atoms with Crippen LogP contribution in [0.1, 0.15) is 79.9 Å². The molecular formula is C40H48F3N7O4S. The van der Waals surface area contributed by atoms with E-state index in [4.69, 9.17) is 26.2 Å². The molecule has 2 aromatic carbocycles. The fourth-order valence-corrected chi connectivity index (χ4v) is 9.79. The van der Waals surface area contributed by atoms with E-state index in [1.165, 1.54) is 12.3 Å². The average molecular weight is 780 g/mol. The first-order valence-electron chi connectivity index (χ1n) is 18.7. The van der Waals surface area contributed by atoms with Crippen LogP contribution in [-0.4, -0.2) is 89.2 Å². The van der Waals surface area contributed by atoms with Gasteiger partial charge in [0.2, 0.25) is 0 Å². The molecule has 2 aliphatic carbocycles.